The minimum absolute atomic E-state index is 0.0638. The Kier molecular flexibility index (Phi) is 5.12. The average molecular weight is 380 g/mol. The highest BCUT2D eigenvalue weighted by molar-refractivity contribution is 6.07. The molecular formula is C20H20N4O4. The third-order valence-corrected chi connectivity index (χ3v) is 4.59. The Morgan fingerprint density at radius 1 is 1.11 bits per heavy atom. The van der Waals surface area contributed by atoms with E-state index >= 15 is 0 Å². The second-order valence-electron chi connectivity index (χ2n) is 6.69. The number of urea groups is 1. The molecule has 1 aliphatic heterocycles. The Morgan fingerprint density at radius 2 is 1.79 bits per heavy atom. The van der Waals surface area contributed by atoms with Gasteiger partial charge >= 0.3 is 6.03 Å². The molecule has 0 saturated carbocycles. The van der Waals surface area contributed by atoms with Crippen molar-refractivity contribution in [2.75, 3.05) is 5.32 Å². The Labute approximate surface area is 161 Å². The van der Waals surface area contributed by atoms with E-state index in [0.29, 0.717) is 22.5 Å². The molecule has 8 heteroatoms. The summed E-state index contributed by atoms with van der Waals surface area (Å²) in [6.07, 6.45) is 0. The lowest BCUT2D eigenvalue weighted by Gasteiger charge is -2.28. The van der Waals surface area contributed by atoms with Crippen LogP contribution in [-0.2, 0) is 4.79 Å². The molecular weight excluding hydrogens is 360 g/mol. The number of aryl methyl sites for hydroxylation is 2. The molecule has 0 fully saturated rings. The number of carbonyl (C=O) groups is 2. The highest BCUT2D eigenvalue weighted by Crippen LogP contribution is 2.29. The number of amides is 3. The Morgan fingerprint density at radius 3 is 2.43 bits per heavy atom. The van der Waals surface area contributed by atoms with Gasteiger partial charge in [0.15, 0.2) is 0 Å². The molecule has 144 valence electrons. The van der Waals surface area contributed by atoms with E-state index in [2.05, 4.69) is 16.0 Å². The third-order valence-electron chi connectivity index (χ3n) is 4.59. The molecule has 3 amide bonds. The van der Waals surface area contributed by atoms with Gasteiger partial charge in [-0.15, -0.1) is 0 Å². The monoisotopic (exact) mass is 380 g/mol. The lowest BCUT2D eigenvalue weighted by Crippen LogP contribution is -2.46. The van der Waals surface area contributed by atoms with Crippen molar-refractivity contribution in [3.05, 3.63) is 80.5 Å². The van der Waals surface area contributed by atoms with Crippen molar-refractivity contribution in [2.45, 2.75) is 26.8 Å². The molecule has 2 aromatic rings. The third kappa shape index (κ3) is 3.85. The van der Waals surface area contributed by atoms with E-state index in [4.69, 9.17) is 0 Å². The molecule has 8 nitrogen and oxygen atoms in total. The lowest BCUT2D eigenvalue weighted by atomic mass is 9.94. The standard InChI is InChI=1S/C20H20N4O4/c1-11-4-5-12(2)16(10-11)22-19(25)17-13(3)21-20(26)23-18(17)14-6-8-15(9-7-14)24(27)28/h4-10,18H,1-3H3,(H,22,25)(H2,21,23,26)/t18-/m1/s1. The number of carbonyl (C=O) groups excluding carboxylic acids is 2. The van der Waals surface area contributed by atoms with Crippen LogP contribution in [0.2, 0.25) is 0 Å². The molecule has 2 aromatic carbocycles. The minimum atomic E-state index is -0.723. The maximum absolute atomic E-state index is 13.0. The number of benzene rings is 2. The van der Waals surface area contributed by atoms with Crippen LogP contribution in [0.15, 0.2) is 53.7 Å². The Bertz CT molecular complexity index is 996. The summed E-state index contributed by atoms with van der Waals surface area (Å²) in [6, 6.07) is 10.3. The normalized spacial score (nSPS) is 16.2. The number of hydrogen-bond donors (Lipinski definition) is 3. The molecule has 3 rings (SSSR count). The molecule has 0 aliphatic carbocycles. The highest BCUT2D eigenvalue weighted by Gasteiger charge is 2.31. The Balaban J connectivity index is 1.96. The molecule has 1 aliphatic rings. The quantitative estimate of drug-likeness (QED) is 0.556. The zero-order chi connectivity index (χ0) is 20.4. The number of anilines is 1. The number of nitro benzene ring substituents is 1. The van der Waals surface area contributed by atoms with Gasteiger partial charge in [-0.2, -0.15) is 0 Å². The van der Waals surface area contributed by atoms with Crippen molar-refractivity contribution in [3.63, 3.8) is 0 Å². The maximum Gasteiger partial charge on any atom is 0.319 e. The van der Waals surface area contributed by atoms with E-state index < -0.39 is 17.0 Å². The maximum atomic E-state index is 13.0. The number of nitrogens with one attached hydrogen (secondary N) is 3. The van der Waals surface area contributed by atoms with Crippen molar-refractivity contribution in [1.29, 1.82) is 0 Å². The number of non-ortho nitro benzene ring substituents is 1. The van der Waals surface area contributed by atoms with Crippen LogP contribution in [0.4, 0.5) is 16.2 Å². The van der Waals surface area contributed by atoms with E-state index in [-0.39, 0.29) is 11.6 Å². The number of nitro groups is 1. The average Bonchev–Trinajstić information content (AvgIpc) is 2.64. The summed E-state index contributed by atoms with van der Waals surface area (Å²) in [5, 5.41) is 19.1. The highest BCUT2D eigenvalue weighted by atomic mass is 16.6. The van der Waals surface area contributed by atoms with Crippen LogP contribution in [0.1, 0.15) is 29.7 Å². The van der Waals surface area contributed by atoms with Crippen LogP contribution in [0.5, 0.6) is 0 Å². The van der Waals surface area contributed by atoms with E-state index in [9.17, 15) is 19.7 Å². The second-order valence-corrected chi connectivity index (χ2v) is 6.69. The number of nitrogens with zero attached hydrogens (tertiary/aromatic N) is 1. The van der Waals surface area contributed by atoms with Gasteiger partial charge in [-0.3, -0.25) is 14.9 Å². The molecule has 0 aromatic heterocycles. The van der Waals surface area contributed by atoms with Crippen LogP contribution in [-0.4, -0.2) is 16.9 Å². The molecule has 0 saturated heterocycles. The number of allylic oxidation sites excluding steroid dienone is 1. The Hall–Kier alpha value is -3.68. The van der Waals surface area contributed by atoms with Crippen molar-refractivity contribution in [1.82, 2.24) is 10.6 Å². The summed E-state index contributed by atoms with van der Waals surface area (Å²) < 4.78 is 0. The summed E-state index contributed by atoms with van der Waals surface area (Å²) >= 11 is 0. The van der Waals surface area contributed by atoms with Crippen molar-refractivity contribution < 1.29 is 14.5 Å². The molecule has 3 N–H and O–H groups in total. The second kappa shape index (κ2) is 7.51. The van der Waals surface area contributed by atoms with Crippen LogP contribution in [0.25, 0.3) is 0 Å². The molecule has 0 spiro atoms. The van der Waals surface area contributed by atoms with Crippen LogP contribution in [0, 0.1) is 24.0 Å². The minimum Gasteiger partial charge on any atom is -0.327 e. The van der Waals surface area contributed by atoms with E-state index in [0.717, 1.165) is 11.1 Å². The number of hydrogen-bond acceptors (Lipinski definition) is 4. The van der Waals surface area contributed by atoms with Crippen molar-refractivity contribution >= 4 is 23.3 Å². The zero-order valence-corrected chi connectivity index (χ0v) is 15.7. The van der Waals surface area contributed by atoms with Crippen LogP contribution >= 0.6 is 0 Å². The summed E-state index contributed by atoms with van der Waals surface area (Å²) in [6.45, 7) is 5.47. The first kappa shape index (κ1) is 19.1. The first-order valence-electron chi connectivity index (χ1n) is 8.67. The topological polar surface area (TPSA) is 113 Å². The molecule has 0 unspecified atom stereocenters. The number of rotatable bonds is 4. The molecule has 1 heterocycles. The van der Waals surface area contributed by atoms with Gasteiger partial charge in [-0.1, -0.05) is 12.1 Å². The van der Waals surface area contributed by atoms with Crippen LogP contribution in [0.3, 0.4) is 0 Å². The van der Waals surface area contributed by atoms with Gasteiger partial charge in [0.2, 0.25) is 0 Å². The summed E-state index contributed by atoms with van der Waals surface area (Å²) in [5.41, 5.74) is 3.89. The van der Waals surface area contributed by atoms with Gasteiger partial charge < -0.3 is 16.0 Å². The van der Waals surface area contributed by atoms with Gasteiger partial charge in [0.1, 0.15) is 0 Å². The van der Waals surface area contributed by atoms with Crippen molar-refractivity contribution in [2.24, 2.45) is 0 Å². The molecule has 1 atom stereocenters. The predicted octanol–water partition coefficient (Wildman–Crippen LogP) is 3.48. The first-order valence-corrected chi connectivity index (χ1v) is 8.67. The molecule has 0 bridgehead atoms. The fourth-order valence-corrected chi connectivity index (χ4v) is 3.09. The summed E-state index contributed by atoms with van der Waals surface area (Å²) in [4.78, 5) is 35.4. The largest absolute Gasteiger partial charge is 0.327 e. The SMILES string of the molecule is CC1=C(C(=O)Nc2cc(C)ccc2C)[C@@H](c2ccc([N+](=O)[O-])cc2)NC(=O)N1. The molecule has 0 radical (unpaired) electrons. The van der Waals surface area contributed by atoms with Gasteiger partial charge in [-0.25, -0.2) is 4.79 Å². The smallest absolute Gasteiger partial charge is 0.319 e. The van der Waals surface area contributed by atoms with E-state index in [1.54, 1.807) is 6.92 Å². The zero-order valence-electron chi connectivity index (χ0n) is 15.7. The van der Waals surface area contributed by atoms with Gasteiger partial charge in [-0.05, 0) is 55.7 Å². The summed E-state index contributed by atoms with van der Waals surface area (Å²) in [7, 11) is 0. The van der Waals surface area contributed by atoms with Gasteiger partial charge in [0, 0.05) is 23.5 Å². The van der Waals surface area contributed by atoms with Gasteiger partial charge in [0.05, 0.1) is 16.5 Å². The van der Waals surface area contributed by atoms with E-state index in [1.165, 1.54) is 24.3 Å². The van der Waals surface area contributed by atoms with E-state index in [1.807, 2.05) is 32.0 Å². The lowest BCUT2D eigenvalue weighted by molar-refractivity contribution is -0.384. The fourth-order valence-electron chi connectivity index (χ4n) is 3.09. The van der Waals surface area contributed by atoms with Crippen molar-refractivity contribution in [3.8, 4) is 0 Å². The van der Waals surface area contributed by atoms with Gasteiger partial charge in [0.25, 0.3) is 11.6 Å². The fraction of sp³-hybridized carbons (Fsp3) is 0.200. The molecule has 28 heavy (non-hydrogen) atoms. The summed E-state index contributed by atoms with van der Waals surface area (Å²) in [5.74, 6) is -0.359. The van der Waals surface area contributed by atoms with Crippen LogP contribution < -0.4 is 16.0 Å². The predicted molar refractivity (Wildman–Crippen MR) is 105 cm³/mol. The first-order chi connectivity index (χ1) is 13.3.